The van der Waals surface area contributed by atoms with Crippen LogP contribution in [0.4, 0.5) is 0 Å². The molecule has 2 amide bonds. The van der Waals surface area contributed by atoms with Gasteiger partial charge in [0.2, 0.25) is 10.0 Å². The summed E-state index contributed by atoms with van der Waals surface area (Å²) in [5.41, 5.74) is 0.899. The van der Waals surface area contributed by atoms with Crippen LogP contribution in [0, 0.1) is 4.91 Å². The second-order valence-corrected chi connectivity index (χ2v) is 11.7. The van der Waals surface area contributed by atoms with Crippen LogP contribution in [-0.4, -0.2) is 50.6 Å². The summed E-state index contributed by atoms with van der Waals surface area (Å²) in [6, 6.07) is 7.13. The van der Waals surface area contributed by atoms with E-state index in [0.29, 0.717) is 34.7 Å². The van der Waals surface area contributed by atoms with Crippen molar-refractivity contribution in [3.05, 3.63) is 68.0 Å². The number of nitroso groups, excluding NO2 is 1. The molecule has 0 saturated heterocycles. The highest BCUT2D eigenvalue weighted by molar-refractivity contribution is 7.88. The van der Waals surface area contributed by atoms with E-state index in [1.807, 2.05) is 0 Å². The molecule has 36 heavy (non-hydrogen) atoms. The Bertz CT molecular complexity index is 1320. The zero-order valence-corrected chi connectivity index (χ0v) is 21.9. The monoisotopic (exact) mass is 553 g/mol. The van der Waals surface area contributed by atoms with Gasteiger partial charge in [-0.25, -0.2) is 13.1 Å². The van der Waals surface area contributed by atoms with Crippen molar-refractivity contribution in [1.82, 2.24) is 9.62 Å². The minimum absolute atomic E-state index is 0.198. The van der Waals surface area contributed by atoms with Gasteiger partial charge in [0, 0.05) is 32.9 Å². The first-order chi connectivity index (χ1) is 17.1. The van der Waals surface area contributed by atoms with Gasteiger partial charge in [-0.15, -0.1) is 4.91 Å². The fraction of sp³-hybridized carbons (Fsp3) is 0.417. The van der Waals surface area contributed by atoms with E-state index in [0.717, 1.165) is 19.1 Å². The molecule has 0 radical (unpaired) electrons. The van der Waals surface area contributed by atoms with Crippen LogP contribution in [0.1, 0.15) is 59.1 Å². The Morgan fingerprint density at radius 2 is 1.83 bits per heavy atom. The molecule has 9 nitrogen and oxygen atoms in total. The Hall–Kier alpha value is -2.53. The normalized spacial score (nSPS) is 24.2. The molecule has 1 saturated carbocycles. The van der Waals surface area contributed by atoms with Crippen molar-refractivity contribution in [2.45, 2.75) is 49.7 Å². The van der Waals surface area contributed by atoms with E-state index < -0.39 is 45.9 Å². The van der Waals surface area contributed by atoms with Gasteiger partial charge in [0.15, 0.2) is 0 Å². The zero-order chi connectivity index (χ0) is 26.2. The first-order valence-electron chi connectivity index (χ1n) is 11.4. The summed E-state index contributed by atoms with van der Waals surface area (Å²) in [7, 11) is -2.15. The fourth-order valence-electron chi connectivity index (χ4n) is 5.33. The van der Waals surface area contributed by atoms with Crippen LogP contribution in [0.3, 0.4) is 0 Å². The quantitative estimate of drug-likeness (QED) is 0.527. The summed E-state index contributed by atoms with van der Waals surface area (Å²) in [4.78, 5) is 40.3. The Labute approximate surface area is 219 Å². The number of amides is 2. The molecule has 0 unspecified atom stereocenters. The third-order valence-corrected chi connectivity index (χ3v) is 8.06. The average Bonchev–Trinajstić information content (AvgIpc) is 2.83. The van der Waals surface area contributed by atoms with Gasteiger partial charge in [0.1, 0.15) is 5.75 Å². The Kier molecular flexibility index (Phi) is 7.70. The Balaban J connectivity index is 1.98. The minimum Gasteiger partial charge on any atom is -0.497 e. The number of ether oxygens (including phenoxy) is 1. The summed E-state index contributed by atoms with van der Waals surface area (Å²) in [5, 5.41) is 3.27. The molecule has 4 atom stereocenters. The number of hydrogen-bond donors (Lipinski definition) is 1. The van der Waals surface area contributed by atoms with Crippen molar-refractivity contribution in [1.29, 1.82) is 0 Å². The number of nitrogens with zero attached hydrogens (tertiary/aromatic N) is 2. The van der Waals surface area contributed by atoms with Crippen LogP contribution in [0.25, 0.3) is 0 Å². The van der Waals surface area contributed by atoms with Gasteiger partial charge in [-0.1, -0.05) is 42.1 Å². The maximum absolute atomic E-state index is 14.1. The van der Waals surface area contributed by atoms with Crippen molar-refractivity contribution >= 4 is 45.0 Å². The molecule has 2 aliphatic rings. The Morgan fingerprint density at radius 3 is 2.47 bits per heavy atom. The number of carbonyl (C=O) groups is 2. The van der Waals surface area contributed by atoms with Gasteiger partial charge in [-0.05, 0) is 54.3 Å². The molecular weight excluding hydrogens is 529 g/mol. The molecule has 1 heterocycles. The van der Waals surface area contributed by atoms with Gasteiger partial charge in [-0.3, -0.25) is 9.59 Å². The highest BCUT2D eigenvalue weighted by Gasteiger charge is 2.50. The molecule has 2 aromatic carbocycles. The van der Waals surface area contributed by atoms with E-state index in [9.17, 15) is 22.9 Å². The predicted octanol–water partition coefficient (Wildman–Crippen LogP) is 4.44. The number of benzene rings is 2. The lowest BCUT2D eigenvalue weighted by Gasteiger charge is -2.48. The standard InChI is InChI=1S/C24H25Cl2N3O6S/c1-35-14-8-10-15-17(12-14)21(23(30)27-32)22(16-9-7-13(25)11-18(16)26)29(24(15)31)20-6-4-3-5-19(20)28-36(2,33)34/h7-12,19-22,28H,3-6H2,1-2H3/t19-,20-,21+,22-/m0/s1. The molecule has 1 aliphatic heterocycles. The maximum atomic E-state index is 14.1. The second kappa shape index (κ2) is 10.5. The maximum Gasteiger partial charge on any atom is 0.296 e. The van der Waals surface area contributed by atoms with E-state index >= 15 is 0 Å². The zero-order valence-electron chi connectivity index (χ0n) is 19.6. The number of hydrogen-bond acceptors (Lipinski definition) is 6. The number of fused-ring (bicyclic) bond motifs is 1. The lowest BCUT2D eigenvalue weighted by Crippen LogP contribution is -2.58. The third-order valence-electron chi connectivity index (χ3n) is 6.76. The summed E-state index contributed by atoms with van der Waals surface area (Å²) >= 11 is 12.7. The molecule has 2 aromatic rings. The number of sulfonamides is 1. The van der Waals surface area contributed by atoms with Crippen LogP contribution in [0.15, 0.2) is 41.6 Å². The van der Waals surface area contributed by atoms with E-state index in [2.05, 4.69) is 9.90 Å². The number of carbonyl (C=O) groups excluding carboxylic acids is 2. The highest BCUT2D eigenvalue weighted by atomic mass is 35.5. The largest absolute Gasteiger partial charge is 0.497 e. The lowest BCUT2D eigenvalue weighted by molar-refractivity contribution is -0.121. The summed E-state index contributed by atoms with van der Waals surface area (Å²) < 4.78 is 32.3. The highest BCUT2D eigenvalue weighted by Crippen LogP contribution is 2.49. The smallest absolute Gasteiger partial charge is 0.296 e. The molecule has 1 aliphatic carbocycles. The van der Waals surface area contributed by atoms with Crippen LogP contribution < -0.4 is 9.46 Å². The van der Waals surface area contributed by atoms with E-state index in [-0.39, 0.29) is 10.6 Å². The fourth-order valence-corrected chi connectivity index (χ4v) is 6.67. The molecule has 12 heteroatoms. The number of rotatable bonds is 6. The topological polar surface area (TPSA) is 122 Å². The molecule has 0 aromatic heterocycles. The van der Waals surface area contributed by atoms with Crippen molar-refractivity contribution in [3.8, 4) is 5.75 Å². The molecule has 1 N–H and O–H groups in total. The third kappa shape index (κ3) is 5.13. The molecule has 0 spiro atoms. The van der Waals surface area contributed by atoms with E-state index in [1.54, 1.807) is 24.3 Å². The van der Waals surface area contributed by atoms with E-state index in [4.69, 9.17) is 27.9 Å². The van der Waals surface area contributed by atoms with Crippen molar-refractivity contribution in [3.63, 3.8) is 0 Å². The van der Waals surface area contributed by atoms with E-state index in [1.165, 1.54) is 24.1 Å². The number of methoxy groups -OCH3 is 1. The van der Waals surface area contributed by atoms with Crippen LogP contribution in [-0.2, 0) is 14.8 Å². The summed E-state index contributed by atoms with van der Waals surface area (Å²) in [5.74, 6) is -2.19. The number of nitrogens with one attached hydrogen (secondary N) is 1. The van der Waals surface area contributed by atoms with Gasteiger partial charge >= 0.3 is 0 Å². The predicted molar refractivity (Wildman–Crippen MR) is 136 cm³/mol. The lowest BCUT2D eigenvalue weighted by atomic mass is 9.76. The molecular formula is C24H25Cl2N3O6S. The minimum atomic E-state index is -3.60. The molecule has 4 rings (SSSR count). The number of halogens is 2. The first kappa shape index (κ1) is 26.5. The van der Waals surface area contributed by atoms with Crippen LogP contribution in [0.2, 0.25) is 10.0 Å². The average molecular weight is 554 g/mol. The second-order valence-electron chi connectivity index (χ2n) is 9.03. The SMILES string of the molecule is COc1ccc2c(c1)[C@@H](C(=O)N=O)[C@H](c1ccc(Cl)cc1Cl)N([C@H]1CCCC[C@@H]1NS(C)(=O)=O)C2=O. The molecule has 0 bridgehead atoms. The Morgan fingerprint density at radius 1 is 1.11 bits per heavy atom. The van der Waals surface area contributed by atoms with Gasteiger partial charge in [0.25, 0.3) is 11.8 Å². The van der Waals surface area contributed by atoms with Gasteiger partial charge in [-0.2, -0.15) is 0 Å². The molecule has 1 fully saturated rings. The summed E-state index contributed by atoms with van der Waals surface area (Å²) in [6.45, 7) is 0. The molecule has 192 valence electrons. The van der Waals surface area contributed by atoms with Crippen molar-refractivity contribution in [2.75, 3.05) is 13.4 Å². The van der Waals surface area contributed by atoms with Crippen molar-refractivity contribution < 1.29 is 22.7 Å². The summed E-state index contributed by atoms with van der Waals surface area (Å²) in [6.07, 6.45) is 3.57. The van der Waals surface area contributed by atoms with Gasteiger partial charge in [0.05, 0.1) is 25.3 Å². The first-order valence-corrected chi connectivity index (χ1v) is 14.0. The van der Waals surface area contributed by atoms with Crippen LogP contribution in [0.5, 0.6) is 5.75 Å². The van der Waals surface area contributed by atoms with Gasteiger partial charge < -0.3 is 9.64 Å². The van der Waals surface area contributed by atoms with Crippen LogP contribution >= 0.6 is 23.2 Å². The van der Waals surface area contributed by atoms with Crippen molar-refractivity contribution in [2.24, 2.45) is 5.18 Å².